The highest BCUT2D eigenvalue weighted by Gasteiger charge is 2.21. The minimum absolute atomic E-state index is 0.0815. The smallest absolute Gasteiger partial charge is 0.321 e. The number of anilines is 1. The van der Waals surface area contributed by atoms with Gasteiger partial charge in [0.1, 0.15) is 5.82 Å². The van der Waals surface area contributed by atoms with E-state index >= 15 is 0 Å². The van der Waals surface area contributed by atoms with Gasteiger partial charge in [-0.05, 0) is 31.4 Å². The fourth-order valence-corrected chi connectivity index (χ4v) is 2.90. The Morgan fingerprint density at radius 1 is 1.45 bits per heavy atom. The molecule has 1 atom stereocenters. The van der Waals surface area contributed by atoms with Crippen molar-refractivity contribution in [1.82, 2.24) is 19.4 Å². The molecule has 6 heteroatoms. The Morgan fingerprint density at radius 3 is 3.14 bits per heavy atom. The maximum absolute atomic E-state index is 12.3. The molecule has 22 heavy (non-hydrogen) atoms. The zero-order valence-corrected chi connectivity index (χ0v) is 13.0. The van der Waals surface area contributed by atoms with Crippen LogP contribution in [0.15, 0.2) is 30.7 Å². The third-order valence-corrected chi connectivity index (χ3v) is 4.06. The minimum atomic E-state index is -0.0815. The number of fused-ring (bicyclic) bond motifs is 1. The second-order valence-corrected chi connectivity index (χ2v) is 5.90. The van der Waals surface area contributed by atoms with Crippen LogP contribution in [0.5, 0.6) is 0 Å². The SMILES string of the molecule is Cc1cc(NC(=O)N(C)C[C@@H]2CCc3nccn3C2)ccn1. The lowest BCUT2D eigenvalue weighted by Crippen LogP contribution is -2.37. The molecular formula is C16H21N5O. The Morgan fingerprint density at radius 2 is 2.32 bits per heavy atom. The van der Waals surface area contributed by atoms with E-state index in [0.29, 0.717) is 5.92 Å². The molecule has 0 saturated heterocycles. The zero-order chi connectivity index (χ0) is 15.5. The van der Waals surface area contributed by atoms with Crippen molar-refractivity contribution < 1.29 is 4.79 Å². The first-order chi connectivity index (χ1) is 10.6. The number of carbonyl (C=O) groups is 1. The molecule has 1 aliphatic rings. The van der Waals surface area contributed by atoms with Crippen molar-refractivity contribution in [2.45, 2.75) is 26.3 Å². The average molecular weight is 299 g/mol. The van der Waals surface area contributed by atoms with Crippen molar-refractivity contribution in [2.24, 2.45) is 5.92 Å². The van der Waals surface area contributed by atoms with Crippen LogP contribution in [0.2, 0.25) is 0 Å². The van der Waals surface area contributed by atoms with Crippen LogP contribution in [-0.2, 0) is 13.0 Å². The van der Waals surface area contributed by atoms with Gasteiger partial charge in [-0.15, -0.1) is 0 Å². The van der Waals surface area contributed by atoms with E-state index in [1.165, 1.54) is 0 Å². The summed E-state index contributed by atoms with van der Waals surface area (Å²) in [6.45, 7) is 3.58. The van der Waals surface area contributed by atoms with Crippen LogP contribution in [-0.4, -0.2) is 39.1 Å². The van der Waals surface area contributed by atoms with E-state index in [-0.39, 0.29) is 6.03 Å². The number of hydrogen-bond donors (Lipinski definition) is 1. The fraction of sp³-hybridized carbons (Fsp3) is 0.438. The lowest BCUT2D eigenvalue weighted by molar-refractivity contribution is 0.205. The summed E-state index contributed by atoms with van der Waals surface area (Å²) in [5, 5.41) is 2.91. The quantitative estimate of drug-likeness (QED) is 0.946. The highest BCUT2D eigenvalue weighted by molar-refractivity contribution is 5.89. The number of hydrogen-bond acceptors (Lipinski definition) is 3. The second-order valence-electron chi connectivity index (χ2n) is 5.90. The van der Waals surface area contributed by atoms with Crippen LogP contribution in [0, 0.1) is 12.8 Å². The Labute approximate surface area is 130 Å². The summed E-state index contributed by atoms with van der Waals surface area (Å²) in [4.78, 5) is 22.5. The first-order valence-corrected chi connectivity index (χ1v) is 7.56. The van der Waals surface area contributed by atoms with E-state index in [0.717, 1.165) is 43.1 Å². The van der Waals surface area contributed by atoms with E-state index in [2.05, 4.69) is 19.9 Å². The van der Waals surface area contributed by atoms with Gasteiger partial charge in [-0.25, -0.2) is 9.78 Å². The standard InChI is InChI=1S/C16H21N5O/c1-12-9-14(5-6-17-12)19-16(22)20(2)10-13-3-4-15-18-7-8-21(15)11-13/h5-9,13H,3-4,10-11H2,1-2H3,(H,17,19,22)/t13-/m0/s1. The van der Waals surface area contributed by atoms with Crippen molar-refractivity contribution in [1.29, 1.82) is 0 Å². The Bertz CT molecular complexity index is 666. The van der Waals surface area contributed by atoms with Gasteiger partial charge in [-0.3, -0.25) is 4.98 Å². The lowest BCUT2D eigenvalue weighted by Gasteiger charge is -2.28. The monoisotopic (exact) mass is 299 g/mol. The predicted octanol–water partition coefficient (Wildman–Crippen LogP) is 2.31. The number of aromatic nitrogens is 3. The minimum Gasteiger partial charge on any atom is -0.335 e. The second kappa shape index (κ2) is 6.17. The Balaban J connectivity index is 1.55. The number of imidazole rings is 1. The molecule has 0 aromatic carbocycles. The summed E-state index contributed by atoms with van der Waals surface area (Å²) in [5.74, 6) is 1.62. The number of amides is 2. The average Bonchev–Trinajstić information content (AvgIpc) is 2.94. The summed E-state index contributed by atoms with van der Waals surface area (Å²) in [7, 11) is 1.84. The van der Waals surface area contributed by atoms with Crippen LogP contribution in [0.3, 0.4) is 0 Å². The van der Waals surface area contributed by atoms with Crippen molar-refractivity contribution in [2.75, 3.05) is 18.9 Å². The molecule has 3 rings (SSSR count). The molecular weight excluding hydrogens is 278 g/mol. The van der Waals surface area contributed by atoms with E-state index in [4.69, 9.17) is 0 Å². The van der Waals surface area contributed by atoms with E-state index < -0.39 is 0 Å². The van der Waals surface area contributed by atoms with Gasteiger partial charge < -0.3 is 14.8 Å². The largest absolute Gasteiger partial charge is 0.335 e. The molecule has 2 aromatic heterocycles. The van der Waals surface area contributed by atoms with Gasteiger partial charge in [0.25, 0.3) is 0 Å². The first kappa shape index (κ1) is 14.6. The summed E-state index contributed by atoms with van der Waals surface area (Å²) < 4.78 is 2.19. The molecule has 6 nitrogen and oxygen atoms in total. The van der Waals surface area contributed by atoms with E-state index in [1.807, 2.05) is 32.4 Å². The Kier molecular flexibility index (Phi) is 4.09. The van der Waals surface area contributed by atoms with Crippen molar-refractivity contribution in [3.8, 4) is 0 Å². The van der Waals surface area contributed by atoms with Crippen molar-refractivity contribution in [3.63, 3.8) is 0 Å². The lowest BCUT2D eigenvalue weighted by atomic mass is 9.99. The highest BCUT2D eigenvalue weighted by Crippen LogP contribution is 2.19. The molecule has 0 saturated carbocycles. The van der Waals surface area contributed by atoms with Gasteiger partial charge >= 0.3 is 6.03 Å². The first-order valence-electron chi connectivity index (χ1n) is 7.56. The zero-order valence-electron chi connectivity index (χ0n) is 13.0. The molecule has 2 amide bonds. The number of urea groups is 1. The number of nitrogens with zero attached hydrogens (tertiary/aromatic N) is 4. The number of nitrogens with one attached hydrogen (secondary N) is 1. The summed E-state index contributed by atoms with van der Waals surface area (Å²) in [6.07, 6.45) is 7.62. The van der Waals surface area contributed by atoms with Crippen molar-refractivity contribution >= 4 is 11.7 Å². The van der Waals surface area contributed by atoms with E-state index in [9.17, 15) is 4.79 Å². The highest BCUT2D eigenvalue weighted by atomic mass is 16.2. The number of aryl methyl sites for hydroxylation is 2. The van der Waals surface area contributed by atoms with Crippen LogP contribution >= 0.6 is 0 Å². The molecule has 3 heterocycles. The summed E-state index contributed by atoms with van der Waals surface area (Å²) in [5.41, 5.74) is 1.67. The van der Waals surface area contributed by atoms with Crippen molar-refractivity contribution in [3.05, 3.63) is 42.2 Å². The molecule has 116 valence electrons. The Hall–Kier alpha value is -2.37. The normalized spacial score (nSPS) is 16.9. The fourth-order valence-electron chi connectivity index (χ4n) is 2.90. The number of carbonyl (C=O) groups excluding carboxylic acids is 1. The number of pyridine rings is 1. The maximum atomic E-state index is 12.3. The molecule has 1 N–H and O–H groups in total. The molecule has 1 aliphatic heterocycles. The van der Waals surface area contributed by atoms with Crippen LogP contribution in [0.1, 0.15) is 17.9 Å². The molecule has 0 bridgehead atoms. The topological polar surface area (TPSA) is 63.1 Å². The van der Waals surface area contributed by atoms with Gasteiger partial charge in [-0.2, -0.15) is 0 Å². The molecule has 2 aromatic rings. The predicted molar refractivity (Wildman–Crippen MR) is 84.7 cm³/mol. The molecule has 0 spiro atoms. The van der Waals surface area contributed by atoms with Crippen LogP contribution in [0.4, 0.5) is 10.5 Å². The maximum Gasteiger partial charge on any atom is 0.321 e. The van der Waals surface area contributed by atoms with Gasteiger partial charge in [0.05, 0.1) is 0 Å². The molecule has 0 fully saturated rings. The van der Waals surface area contributed by atoms with Gasteiger partial charge in [0, 0.05) is 56.5 Å². The third kappa shape index (κ3) is 3.27. The molecule has 0 unspecified atom stereocenters. The number of rotatable bonds is 3. The van der Waals surface area contributed by atoms with Gasteiger partial charge in [0.15, 0.2) is 0 Å². The van der Waals surface area contributed by atoms with E-state index in [1.54, 1.807) is 17.2 Å². The molecule has 0 aliphatic carbocycles. The summed E-state index contributed by atoms with van der Waals surface area (Å²) >= 11 is 0. The molecule has 0 radical (unpaired) electrons. The summed E-state index contributed by atoms with van der Waals surface area (Å²) in [6, 6.07) is 3.59. The van der Waals surface area contributed by atoms with Crippen LogP contribution in [0.25, 0.3) is 0 Å². The van der Waals surface area contributed by atoms with Gasteiger partial charge in [-0.1, -0.05) is 0 Å². The van der Waals surface area contributed by atoms with Crippen LogP contribution < -0.4 is 5.32 Å². The van der Waals surface area contributed by atoms with Gasteiger partial charge in [0.2, 0.25) is 0 Å². The third-order valence-electron chi connectivity index (χ3n) is 4.06.